The molecular weight excluding hydrogens is 1280 g/mol. The molecule has 37 heteroatoms. The molecule has 5 rings (SSSR count). The third-order valence-corrected chi connectivity index (χ3v) is 15.8. The van der Waals surface area contributed by atoms with Gasteiger partial charge in [0.2, 0.25) is 11.8 Å². The highest BCUT2D eigenvalue weighted by Gasteiger charge is 2.18. The highest BCUT2D eigenvalue weighted by Crippen LogP contribution is 2.44. The van der Waals surface area contributed by atoms with Gasteiger partial charge in [-0.2, -0.15) is 43.9 Å². The average Bonchev–Trinajstić information content (AvgIpc) is 3.53. The lowest BCUT2D eigenvalue weighted by molar-refractivity contribution is -0.115. The van der Waals surface area contributed by atoms with Crippen LogP contribution in [0, 0.1) is 13.8 Å². The zero-order chi connectivity index (χ0) is 63.7. The number of azo groups is 3. The molecule has 0 saturated carbocycles. The van der Waals surface area contributed by atoms with Crippen molar-refractivity contribution in [2.75, 3.05) is 69.8 Å². The first-order valence-electron chi connectivity index (χ1n) is 24.3. The molecule has 464 valence electrons. The monoisotopic (exact) mass is 1340 g/mol. The third-order valence-electron chi connectivity index (χ3n) is 10.1. The predicted octanol–water partition coefficient (Wildman–Crippen LogP) is 10.0. The molecule has 5 aromatic carbocycles. The van der Waals surface area contributed by atoms with Crippen molar-refractivity contribution in [1.29, 1.82) is 0 Å². The lowest BCUT2D eigenvalue weighted by Crippen LogP contribution is -2.09. The number of halogens is 1. The Bertz CT molecular complexity index is 3840. The van der Waals surface area contributed by atoms with E-state index in [9.17, 15) is 52.4 Å². The lowest BCUT2D eigenvalue weighted by atomic mass is 10.1. The molecule has 0 aliphatic rings. The fourth-order valence-electron chi connectivity index (χ4n) is 6.51. The van der Waals surface area contributed by atoms with Crippen LogP contribution in [0.3, 0.4) is 0 Å². The molecule has 5 aromatic rings. The lowest BCUT2D eigenvalue weighted by Gasteiger charge is -2.13. The first-order chi connectivity index (χ1) is 39.6. The van der Waals surface area contributed by atoms with Gasteiger partial charge in [0, 0.05) is 34.7 Å². The highest BCUT2D eigenvalue weighted by molar-refractivity contribution is 7.99. The SMILES string of the molecule is CC(=O)Nc1cc(N=Nc2cc(SCCCS(=O)(=O)O)c(N=Nc3cc(OCCCS(=O)(=O)O)c(N)cc3C)cc2NC(C)=O)c(SCCCS(=O)(=O)O)cc1N=Nc1ccc(Cl)cc1.Cc1ccc(OCCCS(=O)(=O)O)c(N)c1.O=S(=O)=O. The molecule has 0 aliphatic heterocycles. The Kier molecular flexibility index (Phi) is 29.4. The molecule has 0 bridgehead atoms. The van der Waals surface area contributed by atoms with Crippen molar-refractivity contribution in [3.63, 3.8) is 0 Å². The number of rotatable bonds is 28. The van der Waals surface area contributed by atoms with Crippen LogP contribution >= 0.6 is 35.1 Å². The molecule has 0 fully saturated rings. The van der Waals surface area contributed by atoms with Gasteiger partial charge in [-0.1, -0.05) is 17.7 Å². The van der Waals surface area contributed by atoms with Crippen LogP contribution in [0.5, 0.6) is 11.5 Å². The second kappa shape index (κ2) is 34.4. The minimum atomic E-state index is -4.27. The molecule has 0 heterocycles. The van der Waals surface area contributed by atoms with Crippen LogP contribution in [-0.2, 0) is 60.7 Å². The van der Waals surface area contributed by atoms with E-state index in [-0.39, 0.29) is 102 Å². The Morgan fingerprint density at radius 3 is 1.34 bits per heavy atom. The molecular formula is C48H59ClN10O19S7. The maximum Gasteiger partial charge on any atom is 0.425 e. The van der Waals surface area contributed by atoms with Gasteiger partial charge in [-0.05, 0) is 129 Å². The van der Waals surface area contributed by atoms with Crippen molar-refractivity contribution in [2.24, 2.45) is 30.7 Å². The molecule has 85 heavy (non-hydrogen) atoms. The van der Waals surface area contributed by atoms with E-state index in [1.165, 1.54) is 38.1 Å². The van der Waals surface area contributed by atoms with Crippen LogP contribution in [0.25, 0.3) is 0 Å². The van der Waals surface area contributed by atoms with Crippen molar-refractivity contribution >= 4 is 155 Å². The Morgan fingerprint density at radius 2 is 0.918 bits per heavy atom. The van der Waals surface area contributed by atoms with Crippen molar-refractivity contribution < 1.29 is 83.6 Å². The third kappa shape index (κ3) is 30.8. The van der Waals surface area contributed by atoms with E-state index in [1.807, 2.05) is 13.0 Å². The van der Waals surface area contributed by atoms with Gasteiger partial charge >= 0.3 is 10.6 Å². The van der Waals surface area contributed by atoms with Gasteiger partial charge in [0.1, 0.15) is 34.2 Å². The van der Waals surface area contributed by atoms with Crippen LogP contribution in [0.4, 0.5) is 56.9 Å². The summed E-state index contributed by atoms with van der Waals surface area (Å²) in [5, 5.41) is 32.2. The zero-order valence-corrected chi connectivity index (χ0v) is 51.9. The number of aryl methyl sites for hydroxylation is 2. The summed E-state index contributed by atoms with van der Waals surface area (Å²) in [6, 6.07) is 20.9. The number of carbonyl (C=O) groups is 2. The van der Waals surface area contributed by atoms with Crippen LogP contribution in [0.2, 0.25) is 5.02 Å². The van der Waals surface area contributed by atoms with Gasteiger partial charge in [0.05, 0.1) is 70.3 Å². The Hall–Kier alpha value is -6.71. The average molecular weight is 1340 g/mol. The molecule has 0 aromatic heterocycles. The summed E-state index contributed by atoms with van der Waals surface area (Å²) in [5.74, 6) is -1.77. The molecule has 0 spiro atoms. The summed E-state index contributed by atoms with van der Waals surface area (Å²) in [7, 11) is -19.7. The highest BCUT2D eigenvalue weighted by atomic mass is 35.5. The first-order valence-corrected chi connectivity index (χ1v) is 34.1. The van der Waals surface area contributed by atoms with Gasteiger partial charge in [-0.15, -0.1) is 56.6 Å². The number of hydrogen-bond donors (Lipinski definition) is 8. The van der Waals surface area contributed by atoms with E-state index >= 15 is 0 Å². The van der Waals surface area contributed by atoms with E-state index < -0.39 is 80.2 Å². The van der Waals surface area contributed by atoms with E-state index in [0.717, 1.165) is 29.1 Å². The van der Waals surface area contributed by atoms with E-state index in [2.05, 4.69) is 41.3 Å². The molecule has 10 N–H and O–H groups in total. The second-order valence-corrected chi connectivity index (χ2v) is 26.9. The number of anilines is 4. The minimum Gasteiger partial charge on any atom is -0.491 e. The number of thioether (sulfide) groups is 2. The Morgan fingerprint density at radius 1 is 0.529 bits per heavy atom. The fourth-order valence-corrected chi connectivity index (χ4v) is 10.9. The largest absolute Gasteiger partial charge is 0.491 e. The summed E-state index contributed by atoms with van der Waals surface area (Å²) in [4.78, 5) is 25.6. The van der Waals surface area contributed by atoms with Crippen LogP contribution in [0.15, 0.2) is 119 Å². The quantitative estimate of drug-likeness (QED) is 0.00758. The van der Waals surface area contributed by atoms with E-state index in [1.54, 1.807) is 55.5 Å². The smallest absolute Gasteiger partial charge is 0.425 e. The summed E-state index contributed by atoms with van der Waals surface area (Å²) in [6.45, 7) is 6.27. The van der Waals surface area contributed by atoms with Crippen molar-refractivity contribution in [1.82, 2.24) is 0 Å². The minimum absolute atomic E-state index is 0.0209. The summed E-state index contributed by atoms with van der Waals surface area (Å²) in [5.41, 5.74) is 15.9. The number of nitrogens with zero attached hydrogens (tertiary/aromatic N) is 6. The van der Waals surface area contributed by atoms with Crippen LogP contribution < -0.4 is 31.6 Å². The number of benzene rings is 5. The van der Waals surface area contributed by atoms with Gasteiger partial charge in [-0.3, -0.25) is 27.8 Å². The molecule has 0 saturated heterocycles. The molecule has 29 nitrogen and oxygen atoms in total. The van der Waals surface area contributed by atoms with Crippen molar-refractivity contribution in [2.45, 2.75) is 63.2 Å². The van der Waals surface area contributed by atoms with Gasteiger partial charge in [0.25, 0.3) is 40.5 Å². The van der Waals surface area contributed by atoms with Crippen LogP contribution in [-0.4, -0.2) is 124 Å². The maximum absolute atomic E-state index is 12.5. The van der Waals surface area contributed by atoms with Gasteiger partial charge in [-0.25, -0.2) is 0 Å². The van der Waals surface area contributed by atoms with Gasteiger partial charge in [0.15, 0.2) is 0 Å². The molecule has 0 atom stereocenters. The van der Waals surface area contributed by atoms with E-state index in [0.29, 0.717) is 43.2 Å². The zero-order valence-electron chi connectivity index (χ0n) is 45.5. The number of nitrogen functional groups attached to an aromatic ring is 2. The van der Waals surface area contributed by atoms with E-state index in [4.69, 9.17) is 54.3 Å². The number of amides is 2. The number of carbonyl (C=O) groups excluding carboxylic acids is 2. The topological polar surface area (TPSA) is 472 Å². The Balaban J connectivity index is 0.000000798. The standard InChI is InChI=1S/C38H44ClN9O12S5.C10H15NO4S.O3S/c1-23-17-28(40)36(60-11-4-14-63(51,52)53)20-29(23)44-47-34-19-31(42-25(3)50)33(22-38(34)62-13-6-16-65(57,58)59)46-48-35-18-30(41-24(2)49)32(45-43-27-9-7-26(39)8-10-27)21-37(35)61-12-5-15-64(54,55)56;1-8-3-4-10(9(11)7-8)15-5-2-6-16(12,13)14;1-4(2)3/h7-10,17-22H,4-6,11-16,40H2,1-3H3,(H,41,49)(H,42,50)(H,51,52,53)(H,54,55,56)(H,57,58,59);3-4,7H,2,5-6,11H2,1H3,(H,12,13,14);. The summed E-state index contributed by atoms with van der Waals surface area (Å²) in [6.07, 6.45) is 0.294. The summed E-state index contributed by atoms with van der Waals surface area (Å²) < 4.78 is 161. The second-order valence-electron chi connectivity index (χ2n) is 17.5. The Labute approximate surface area is 505 Å². The molecule has 0 aliphatic carbocycles. The van der Waals surface area contributed by atoms with Crippen molar-refractivity contribution in [3.05, 3.63) is 95.0 Å². The first kappa shape index (κ1) is 72.5. The van der Waals surface area contributed by atoms with Crippen molar-refractivity contribution in [3.8, 4) is 11.5 Å². The molecule has 2 amide bonds. The number of nitrogens with two attached hydrogens (primary N) is 2. The number of hydrogen-bond acceptors (Lipinski definition) is 25. The predicted molar refractivity (Wildman–Crippen MR) is 323 cm³/mol. The molecule has 0 radical (unpaired) electrons. The van der Waals surface area contributed by atoms with Crippen LogP contribution in [0.1, 0.15) is 50.7 Å². The molecule has 0 unspecified atom stereocenters. The number of ether oxygens (including phenoxy) is 2. The maximum atomic E-state index is 12.5. The fraction of sp³-hybridized carbons (Fsp3) is 0.333. The normalized spacial score (nSPS) is 11.9. The number of nitrogens with one attached hydrogen (secondary N) is 2. The summed E-state index contributed by atoms with van der Waals surface area (Å²) >= 11 is 8.30. The van der Waals surface area contributed by atoms with Gasteiger partial charge < -0.3 is 31.6 Å².